The summed E-state index contributed by atoms with van der Waals surface area (Å²) >= 11 is 0. The molecule has 0 aliphatic carbocycles. The Morgan fingerprint density at radius 2 is 1.04 bits per heavy atom. The second-order valence-electron chi connectivity index (χ2n) is 13.4. The van der Waals surface area contributed by atoms with E-state index in [1.165, 1.54) is 59.6 Å². The minimum absolute atomic E-state index is 0.831. The van der Waals surface area contributed by atoms with Gasteiger partial charge in [-0.05, 0) is 57.9 Å². The highest BCUT2D eigenvalue weighted by Crippen LogP contribution is 2.46. The molecule has 0 aliphatic heterocycles. The molecule has 4 heterocycles. The Hall–Kier alpha value is -6.78. The Bertz CT molecular complexity index is 3380. The van der Waals surface area contributed by atoms with Gasteiger partial charge in [-0.1, -0.05) is 121 Å². The molecule has 50 heavy (non-hydrogen) atoms. The van der Waals surface area contributed by atoms with Gasteiger partial charge in [0.25, 0.3) is 0 Å². The van der Waals surface area contributed by atoms with Crippen molar-refractivity contribution in [2.45, 2.75) is 0 Å². The van der Waals surface area contributed by atoms with E-state index in [4.69, 9.17) is 9.97 Å². The van der Waals surface area contributed by atoms with E-state index in [1.54, 1.807) is 0 Å². The van der Waals surface area contributed by atoms with Gasteiger partial charge in [0.05, 0.1) is 38.6 Å². The number of hydrogen-bond acceptors (Lipinski definition) is 2. The summed E-state index contributed by atoms with van der Waals surface area (Å²) in [5.41, 5.74) is 9.58. The first-order valence-corrected chi connectivity index (χ1v) is 17.1. The summed E-state index contributed by atoms with van der Waals surface area (Å²) in [6.45, 7) is 0. The third-order valence-corrected chi connectivity index (χ3v) is 10.8. The molecule has 0 aliphatic rings. The largest absolute Gasteiger partial charge is 0.308 e. The molecule has 0 spiro atoms. The van der Waals surface area contributed by atoms with E-state index in [0.29, 0.717) is 0 Å². The molecule has 0 N–H and O–H groups in total. The number of hydrogen-bond donors (Lipinski definition) is 0. The molecule has 0 fully saturated rings. The van der Waals surface area contributed by atoms with Gasteiger partial charge in [-0.2, -0.15) is 0 Å². The van der Waals surface area contributed by atoms with Crippen molar-refractivity contribution in [2.75, 3.05) is 0 Å². The molecule has 12 rings (SSSR count). The fraction of sp³-hybridized carbons (Fsp3) is 0. The first kappa shape index (κ1) is 26.2. The van der Waals surface area contributed by atoms with Crippen molar-refractivity contribution in [1.29, 1.82) is 0 Å². The lowest BCUT2D eigenvalue weighted by molar-refractivity contribution is 1.08. The van der Waals surface area contributed by atoms with Crippen LogP contribution in [0.15, 0.2) is 158 Å². The highest BCUT2D eigenvalue weighted by molar-refractivity contribution is 6.33. The van der Waals surface area contributed by atoms with Crippen molar-refractivity contribution in [3.8, 4) is 17.1 Å². The minimum Gasteiger partial charge on any atom is -0.308 e. The maximum absolute atomic E-state index is 5.63. The SMILES string of the molecule is c1ccc2cc(-c3nc4ccc5ccccc5c4nc3-n3c4cccc5c6ccccc6n6c7ccccc7c7ccc3c(c54)c76)ccc2c1. The highest BCUT2D eigenvalue weighted by Gasteiger charge is 2.25. The van der Waals surface area contributed by atoms with Gasteiger partial charge >= 0.3 is 0 Å². The Morgan fingerprint density at radius 1 is 0.400 bits per heavy atom. The number of fused-ring (bicyclic) bond motifs is 10. The molecule has 8 aromatic carbocycles. The summed E-state index contributed by atoms with van der Waals surface area (Å²) in [5.74, 6) is 0.831. The smallest absolute Gasteiger partial charge is 0.165 e. The summed E-state index contributed by atoms with van der Waals surface area (Å²) in [6, 6.07) is 56.9. The normalized spacial score (nSPS) is 12.4. The van der Waals surface area contributed by atoms with Gasteiger partial charge in [-0.3, -0.25) is 4.57 Å². The van der Waals surface area contributed by atoms with Crippen molar-refractivity contribution in [3.05, 3.63) is 158 Å². The lowest BCUT2D eigenvalue weighted by Gasteiger charge is -2.15. The quantitative estimate of drug-likeness (QED) is 0.177. The summed E-state index contributed by atoms with van der Waals surface area (Å²) in [7, 11) is 0. The highest BCUT2D eigenvalue weighted by atomic mass is 15.1. The maximum atomic E-state index is 5.63. The van der Waals surface area contributed by atoms with Gasteiger partial charge in [0.1, 0.15) is 5.69 Å². The predicted octanol–water partition coefficient (Wildman–Crippen LogP) is 11.9. The fourth-order valence-corrected chi connectivity index (χ4v) is 8.66. The van der Waals surface area contributed by atoms with E-state index in [0.717, 1.165) is 49.9 Å². The molecule has 0 amide bonds. The molecule has 0 bridgehead atoms. The van der Waals surface area contributed by atoms with Crippen LogP contribution in [-0.2, 0) is 0 Å². The first-order valence-electron chi connectivity index (χ1n) is 17.1. The molecule has 4 aromatic heterocycles. The van der Waals surface area contributed by atoms with Crippen LogP contribution in [0.25, 0.3) is 110 Å². The monoisotopic (exact) mass is 634 g/mol. The van der Waals surface area contributed by atoms with Crippen LogP contribution in [0.3, 0.4) is 0 Å². The molecule has 4 nitrogen and oxygen atoms in total. The van der Waals surface area contributed by atoms with Gasteiger partial charge in [0.2, 0.25) is 0 Å². The van der Waals surface area contributed by atoms with Crippen LogP contribution in [0.4, 0.5) is 0 Å². The van der Waals surface area contributed by atoms with E-state index in [-0.39, 0.29) is 0 Å². The zero-order valence-electron chi connectivity index (χ0n) is 26.8. The average Bonchev–Trinajstić information content (AvgIpc) is 3.65. The number of rotatable bonds is 2. The Labute approximate surface area is 285 Å². The van der Waals surface area contributed by atoms with E-state index in [2.05, 4.69) is 167 Å². The molecule has 4 heteroatoms. The summed E-state index contributed by atoms with van der Waals surface area (Å²) < 4.78 is 4.86. The average molecular weight is 635 g/mol. The Morgan fingerprint density at radius 3 is 1.88 bits per heavy atom. The molecule has 12 aromatic rings. The van der Waals surface area contributed by atoms with Gasteiger partial charge in [0, 0.05) is 37.9 Å². The second-order valence-corrected chi connectivity index (χ2v) is 13.4. The second kappa shape index (κ2) is 9.43. The number of para-hydroxylation sites is 2. The molecular weight excluding hydrogens is 609 g/mol. The molecule has 0 radical (unpaired) electrons. The lowest BCUT2D eigenvalue weighted by atomic mass is 10.0. The van der Waals surface area contributed by atoms with Crippen molar-refractivity contribution in [3.63, 3.8) is 0 Å². The van der Waals surface area contributed by atoms with Crippen molar-refractivity contribution in [1.82, 2.24) is 18.9 Å². The molecule has 0 saturated carbocycles. The van der Waals surface area contributed by atoms with E-state index >= 15 is 0 Å². The lowest BCUT2D eigenvalue weighted by Crippen LogP contribution is -2.04. The standard InChI is InChI=1S/C46H26N4/c1-2-12-29-26-30(21-20-27(29)10-1)43-46(48-44-31-13-4-3-11-28(31)22-24-36(44)47-43)50-39-19-9-16-34-32-14-5-7-17-37(32)49-38-18-8-6-15-33(38)35-23-25-40(50)42(41(34)39)45(35)49/h1-26H. The fourth-order valence-electron chi connectivity index (χ4n) is 8.66. The number of benzene rings is 8. The predicted molar refractivity (Wildman–Crippen MR) is 209 cm³/mol. The third kappa shape index (κ3) is 3.30. The van der Waals surface area contributed by atoms with Crippen LogP contribution in [-0.4, -0.2) is 18.9 Å². The van der Waals surface area contributed by atoms with Gasteiger partial charge < -0.3 is 4.40 Å². The Balaban J connectivity index is 1.33. The topological polar surface area (TPSA) is 35.1 Å². The molecule has 0 unspecified atom stereocenters. The molecule has 0 atom stereocenters. The summed E-state index contributed by atoms with van der Waals surface area (Å²) in [4.78, 5) is 11.1. The zero-order valence-corrected chi connectivity index (χ0v) is 26.8. The van der Waals surface area contributed by atoms with Crippen molar-refractivity contribution < 1.29 is 0 Å². The van der Waals surface area contributed by atoms with Gasteiger partial charge in [0.15, 0.2) is 5.82 Å². The van der Waals surface area contributed by atoms with E-state index in [1.807, 2.05) is 0 Å². The van der Waals surface area contributed by atoms with Gasteiger partial charge in [-0.15, -0.1) is 0 Å². The van der Waals surface area contributed by atoms with Crippen LogP contribution in [0, 0.1) is 0 Å². The van der Waals surface area contributed by atoms with Crippen LogP contribution in [0.2, 0.25) is 0 Å². The van der Waals surface area contributed by atoms with Crippen molar-refractivity contribution >= 4 is 92.5 Å². The molecular formula is C46H26N4. The molecule has 0 saturated heterocycles. The number of nitrogens with zero attached hydrogens (tertiary/aromatic N) is 4. The van der Waals surface area contributed by atoms with Crippen molar-refractivity contribution in [2.24, 2.45) is 0 Å². The van der Waals surface area contributed by atoms with Gasteiger partial charge in [-0.25, -0.2) is 9.97 Å². The summed E-state index contributed by atoms with van der Waals surface area (Å²) in [5, 5.41) is 12.1. The van der Waals surface area contributed by atoms with Crippen LogP contribution < -0.4 is 0 Å². The maximum Gasteiger partial charge on any atom is 0.165 e. The number of aromatic nitrogens is 4. The zero-order chi connectivity index (χ0) is 32.5. The van der Waals surface area contributed by atoms with Crippen LogP contribution >= 0.6 is 0 Å². The minimum atomic E-state index is 0.831. The third-order valence-electron chi connectivity index (χ3n) is 10.8. The molecule has 230 valence electrons. The van der Waals surface area contributed by atoms with E-state index in [9.17, 15) is 0 Å². The van der Waals surface area contributed by atoms with E-state index < -0.39 is 0 Å². The summed E-state index contributed by atoms with van der Waals surface area (Å²) in [6.07, 6.45) is 0. The van der Waals surface area contributed by atoms with Crippen LogP contribution in [0.5, 0.6) is 0 Å². The first-order chi connectivity index (χ1) is 24.8. The van der Waals surface area contributed by atoms with Crippen LogP contribution in [0.1, 0.15) is 0 Å². The Kier molecular flexibility index (Phi) is 4.94.